The Hall–Kier alpha value is -0.170. The maximum absolute atomic E-state index is 11.5. The second-order valence-electron chi connectivity index (χ2n) is 6.24. The lowest BCUT2D eigenvalue weighted by molar-refractivity contribution is -0.0478. The molecular weight excluding hydrogens is 254 g/mol. The van der Waals surface area contributed by atoms with E-state index >= 15 is 0 Å². The maximum atomic E-state index is 11.5. The minimum Gasteiger partial charge on any atom is -0.389 e. The third-order valence-corrected chi connectivity index (χ3v) is 4.80. The van der Waals surface area contributed by atoms with Crippen molar-refractivity contribution in [2.24, 2.45) is 0 Å². The van der Waals surface area contributed by atoms with Crippen LogP contribution in [-0.2, 0) is 14.6 Å². The molecule has 1 atom stereocenters. The molecule has 0 fully saturated rings. The van der Waals surface area contributed by atoms with Gasteiger partial charge in [0.1, 0.15) is 0 Å². The summed E-state index contributed by atoms with van der Waals surface area (Å²) in [7, 11) is -3.11. The molecular formula is C12H27NO4S. The summed E-state index contributed by atoms with van der Waals surface area (Å²) < 4.78 is 27.5. The summed E-state index contributed by atoms with van der Waals surface area (Å²) in [5.74, 6) is 0. The monoisotopic (exact) mass is 281 g/mol. The van der Waals surface area contributed by atoms with E-state index in [1.807, 2.05) is 20.8 Å². The lowest BCUT2D eigenvalue weighted by atomic mass is 10.2. The highest BCUT2D eigenvalue weighted by Gasteiger charge is 2.29. The third-order valence-electron chi connectivity index (χ3n) is 2.64. The predicted octanol–water partition coefficient (Wildman–Crippen LogP) is 0.575. The zero-order chi connectivity index (χ0) is 14.6. The van der Waals surface area contributed by atoms with E-state index in [1.54, 1.807) is 13.8 Å². The van der Waals surface area contributed by atoms with Gasteiger partial charge in [-0.25, -0.2) is 8.42 Å². The first kappa shape index (κ1) is 17.8. The topological polar surface area (TPSA) is 75.6 Å². The Morgan fingerprint density at radius 2 is 1.72 bits per heavy atom. The van der Waals surface area contributed by atoms with Gasteiger partial charge >= 0.3 is 0 Å². The molecule has 0 amide bonds. The number of aliphatic hydroxyl groups is 1. The average Bonchev–Trinajstić information content (AvgIpc) is 2.11. The molecule has 5 nitrogen and oxygen atoms in total. The van der Waals surface area contributed by atoms with Gasteiger partial charge in [-0.1, -0.05) is 0 Å². The summed E-state index contributed by atoms with van der Waals surface area (Å²) in [4.78, 5) is 0. The molecule has 110 valence electrons. The normalized spacial score (nSPS) is 15.7. The van der Waals surface area contributed by atoms with Gasteiger partial charge in [0, 0.05) is 19.3 Å². The molecule has 6 heteroatoms. The van der Waals surface area contributed by atoms with E-state index in [0.717, 1.165) is 0 Å². The van der Waals surface area contributed by atoms with Gasteiger partial charge in [-0.15, -0.1) is 0 Å². The largest absolute Gasteiger partial charge is 0.389 e. The highest BCUT2D eigenvalue weighted by Crippen LogP contribution is 2.13. The first-order valence-corrected chi connectivity index (χ1v) is 7.97. The lowest BCUT2D eigenvalue weighted by Gasteiger charge is -2.25. The van der Waals surface area contributed by atoms with E-state index in [0.29, 0.717) is 13.1 Å². The van der Waals surface area contributed by atoms with Gasteiger partial charge in [0.05, 0.1) is 23.1 Å². The quantitative estimate of drug-likeness (QED) is 0.714. The van der Waals surface area contributed by atoms with Gasteiger partial charge < -0.3 is 15.2 Å². The van der Waals surface area contributed by atoms with Gasteiger partial charge in [0.2, 0.25) is 0 Å². The van der Waals surface area contributed by atoms with Crippen LogP contribution >= 0.6 is 0 Å². The summed E-state index contributed by atoms with van der Waals surface area (Å²) in [5, 5.41) is 12.6. The van der Waals surface area contributed by atoms with Crippen molar-refractivity contribution in [2.75, 3.05) is 26.0 Å². The molecule has 0 spiro atoms. The van der Waals surface area contributed by atoms with Crippen LogP contribution in [-0.4, -0.2) is 55.9 Å². The molecule has 2 N–H and O–H groups in total. The molecule has 0 aromatic rings. The molecule has 0 aromatic heterocycles. The molecule has 0 aromatic carbocycles. The number of rotatable bonds is 7. The minimum absolute atomic E-state index is 0.232. The number of hydrogen-bond donors (Lipinski definition) is 2. The first-order valence-electron chi connectivity index (χ1n) is 6.07. The molecule has 0 saturated carbocycles. The Morgan fingerprint density at radius 1 is 1.22 bits per heavy atom. The molecule has 0 aliphatic rings. The fraction of sp³-hybridized carbons (Fsp3) is 1.00. The minimum atomic E-state index is -3.11. The number of nitrogens with one attached hydrogen (secondary N) is 1. The van der Waals surface area contributed by atoms with Crippen LogP contribution in [0.2, 0.25) is 0 Å². The van der Waals surface area contributed by atoms with Gasteiger partial charge in [0.15, 0.2) is 9.84 Å². The summed E-state index contributed by atoms with van der Waals surface area (Å²) in [6, 6.07) is 0. The summed E-state index contributed by atoms with van der Waals surface area (Å²) in [6.45, 7) is 9.92. The van der Waals surface area contributed by atoms with Crippen LogP contribution in [0.5, 0.6) is 0 Å². The molecule has 0 bridgehead atoms. The lowest BCUT2D eigenvalue weighted by Crippen LogP contribution is -2.44. The van der Waals surface area contributed by atoms with Crippen molar-refractivity contribution in [3.63, 3.8) is 0 Å². The van der Waals surface area contributed by atoms with Crippen molar-refractivity contribution in [1.82, 2.24) is 5.32 Å². The molecule has 0 saturated heterocycles. The van der Waals surface area contributed by atoms with Crippen LogP contribution in [0, 0.1) is 0 Å². The van der Waals surface area contributed by atoms with Crippen molar-refractivity contribution in [3.05, 3.63) is 0 Å². The third kappa shape index (κ3) is 7.31. The number of ether oxygens (including phenoxy) is 1. The molecule has 18 heavy (non-hydrogen) atoms. The average molecular weight is 281 g/mol. The van der Waals surface area contributed by atoms with Gasteiger partial charge in [-0.05, 0) is 34.6 Å². The fourth-order valence-electron chi connectivity index (χ4n) is 1.08. The fourth-order valence-corrected chi connectivity index (χ4v) is 1.44. The molecule has 0 heterocycles. The Bertz CT molecular complexity index is 344. The Balaban J connectivity index is 3.99. The van der Waals surface area contributed by atoms with Crippen molar-refractivity contribution >= 4 is 9.84 Å². The number of sulfone groups is 1. The van der Waals surface area contributed by atoms with Crippen molar-refractivity contribution in [1.29, 1.82) is 0 Å². The number of hydrogen-bond acceptors (Lipinski definition) is 5. The second kappa shape index (κ2) is 6.32. The smallest absolute Gasteiger partial charge is 0.153 e. The Kier molecular flexibility index (Phi) is 6.26. The molecule has 0 aliphatic heterocycles. The van der Waals surface area contributed by atoms with Crippen molar-refractivity contribution in [3.8, 4) is 0 Å². The van der Waals surface area contributed by atoms with E-state index in [1.165, 1.54) is 6.26 Å². The SMILES string of the molecule is CC(C)(C)OCC(O)CNCC(C)(C)S(C)(=O)=O. The van der Waals surface area contributed by atoms with E-state index in [4.69, 9.17) is 4.74 Å². The summed E-state index contributed by atoms with van der Waals surface area (Å²) in [5.41, 5.74) is -0.285. The van der Waals surface area contributed by atoms with Crippen LogP contribution in [0.4, 0.5) is 0 Å². The van der Waals surface area contributed by atoms with Crippen molar-refractivity contribution in [2.45, 2.75) is 51.1 Å². The van der Waals surface area contributed by atoms with Gasteiger partial charge in [-0.3, -0.25) is 0 Å². The molecule has 1 unspecified atom stereocenters. The van der Waals surface area contributed by atoms with Crippen LogP contribution in [0.3, 0.4) is 0 Å². The van der Waals surface area contributed by atoms with Gasteiger partial charge in [-0.2, -0.15) is 0 Å². The summed E-state index contributed by atoms with van der Waals surface area (Å²) >= 11 is 0. The predicted molar refractivity (Wildman–Crippen MR) is 73.5 cm³/mol. The zero-order valence-corrected chi connectivity index (χ0v) is 13.1. The van der Waals surface area contributed by atoms with E-state index in [9.17, 15) is 13.5 Å². The van der Waals surface area contributed by atoms with Crippen LogP contribution in [0.15, 0.2) is 0 Å². The van der Waals surface area contributed by atoms with Crippen molar-refractivity contribution < 1.29 is 18.3 Å². The maximum Gasteiger partial charge on any atom is 0.153 e. The molecule has 0 aliphatic carbocycles. The first-order chi connectivity index (χ1) is 7.85. The highest BCUT2D eigenvalue weighted by atomic mass is 32.2. The van der Waals surface area contributed by atoms with Crippen LogP contribution in [0.1, 0.15) is 34.6 Å². The summed E-state index contributed by atoms with van der Waals surface area (Å²) in [6.07, 6.45) is 0.577. The zero-order valence-electron chi connectivity index (χ0n) is 12.3. The Morgan fingerprint density at radius 3 is 2.11 bits per heavy atom. The Labute approximate surface area is 111 Å². The van der Waals surface area contributed by atoms with Crippen LogP contribution < -0.4 is 5.32 Å². The molecule has 0 radical (unpaired) electrons. The van der Waals surface area contributed by atoms with E-state index < -0.39 is 20.7 Å². The highest BCUT2D eigenvalue weighted by molar-refractivity contribution is 7.92. The molecule has 0 rings (SSSR count). The van der Waals surface area contributed by atoms with Gasteiger partial charge in [0.25, 0.3) is 0 Å². The second-order valence-corrected chi connectivity index (χ2v) is 8.89. The van der Waals surface area contributed by atoms with E-state index in [-0.39, 0.29) is 12.2 Å². The standard InChI is InChI=1S/C12H27NO4S/c1-11(2,3)17-8-10(14)7-13-9-12(4,5)18(6,15)16/h10,13-14H,7-9H2,1-6H3. The van der Waals surface area contributed by atoms with E-state index in [2.05, 4.69) is 5.32 Å². The van der Waals surface area contributed by atoms with Crippen LogP contribution in [0.25, 0.3) is 0 Å². The number of aliphatic hydroxyl groups excluding tert-OH is 1.